The molecule has 1 aromatic rings. The Balaban J connectivity index is 3.39. The number of nitrogens with zero attached hydrogens (tertiary/aromatic N) is 1. The third-order valence-electron chi connectivity index (χ3n) is 2.62. The normalized spacial score (nSPS) is 14.6. The van der Waals surface area contributed by atoms with Crippen LogP contribution in [0.3, 0.4) is 0 Å². The second-order valence-corrected chi connectivity index (χ2v) is 4.04. The van der Waals surface area contributed by atoms with Crippen LogP contribution in [0, 0.1) is 17.2 Å². The second kappa shape index (κ2) is 5.37. The van der Waals surface area contributed by atoms with Gasteiger partial charge >= 0.3 is 0 Å². The van der Waals surface area contributed by atoms with E-state index >= 15 is 0 Å². The monoisotopic (exact) mass is 214 g/mol. The number of aromatic amines is 1. The highest BCUT2D eigenvalue weighted by atomic mass is 14.7. The number of nitrogens with one attached hydrogen (secondary N) is 1. The molecule has 2 nitrogen and oxygen atoms in total. The number of rotatable bonds is 2. The highest BCUT2D eigenvalue weighted by molar-refractivity contribution is 5.48. The average molecular weight is 214 g/mol. The van der Waals surface area contributed by atoms with Crippen molar-refractivity contribution >= 4 is 12.2 Å². The van der Waals surface area contributed by atoms with Crippen molar-refractivity contribution in [2.45, 2.75) is 27.7 Å². The molecule has 0 unspecified atom stereocenters. The molecule has 1 heterocycles. The Kier molecular flexibility index (Phi) is 4.13. The Morgan fingerprint density at radius 2 is 2.12 bits per heavy atom. The molecule has 1 aromatic heterocycles. The maximum absolute atomic E-state index is 8.85. The van der Waals surface area contributed by atoms with Crippen molar-refractivity contribution in [3.63, 3.8) is 0 Å². The van der Waals surface area contributed by atoms with Gasteiger partial charge in [-0.1, -0.05) is 26.0 Å². The summed E-state index contributed by atoms with van der Waals surface area (Å²) in [4.78, 5) is 3.11. The summed E-state index contributed by atoms with van der Waals surface area (Å²) < 4.78 is 0. The van der Waals surface area contributed by atoms with Gasteiger partial charge in [-0.2, -0.15) is 5.26 Å². The first-order chi connectivity index (χ1) is 7.62. The molecule has 0 saturated carbocycles. The van der Waals surface area contributed by atoms with Gasteiger partial charge < -0.3 is 4.98 Å². The zero-order chi connectivity index (χ0) is 12.1. The molecule has 0 aliphatic rings. The molecule has 0 aromatic carbocycles. The zero-order valence-corrected chi connectivity index (χ0v) is 10.3. The molecular formula is C14H18N2. The maximum atomic E-state index is 8.85. The fourth-order valence-electron chi connectivity index (χ4n) is 1.66. The largest absolute Gasteiger partial charge is 0.346 e. The van der Waals surface area contributed by atoms with Crippen LogP contribution in [-0.2, 0) is 0 Å². The SMILES string of the molecule is C\C=C(/C=c1/[nH]c(C#N)c/c1=C/C)C(C)C. The molecule has 0 aliphatic carbocycles. The van der Waals surface area contributed by atoms with E-state index in [0.29, 0.717) is 11.6 Å². The first-order valence-electron chi connectivity index (χ1n) is 5.55. The van der Waals surface area contributed by atoms with E-state index in [0.717, 1.165) is 10.6 Å². The van der Waals surface area contributed by atoms with Gasteiger partial charge in [0.15, 0.2) is 0 Å². The maximum Gasteiger partial charge on any atom is 0.118 e. The van der Waals surface area contributed by atoms with Gasteiger partial charge in [0.1, 0.15) is 11.8 Å². The van der Waals surface area contributed by atoms with Crippen LogP contribution in [-0.4, -0.2) is 4.98 Å². The van der Waals surface area contributed by atoms with Gasteiger partial charge in [0.05, 0.1) is 0 Å². The van der Waals surface area contributed by atoms with E-state index < -0.39 is 0 Å². The Bertz CT molecular complexity index is 536. The molecule has 0 radical (unpaired) electrons. The molecule has 0 spiro atoms. The van der Waals surface area contributed by atoms with Crippen LogP contribution in [0.5, 0.6) is 0 Å². The lowest BCUT2D eigenvalue weighted by atomic mass is 10.0. The number of hydrogen-bond acceptors (Lipinski definition) is 1. The van der Waals surface area contributed by atoms with Crippen molar-refractivity contribution in [3.05, 3.63) is 34.0 Å². The molecule has 16 heavy (non-hydrogen) atoms. The Morgan fingerprint density at radius 3 is 2.56 bits per heavy atom. The van der Waals surface area contributed by atoms with Gasteiger partial charge in [0, 0.05) is 5.35 Å². The fraction of sp³-hybridized carbons (Fsp3) is 0.357. The molecule has 1 N–H and O–H groups in total. The zero-order valence-electron chi connectivity index (χ0n) is 10.3. The molecule has 2 heteroatoms. The second-order valence-electron chi connectivity index (χ2n) is 4.04. The molecule has 0 aliphatic heterocycles. The van der Waals surface area contributed by atoms with Gasteiger partial charge in [-0.25, -0.2) is 0 Å². The summed E-state index contributed by atoms with van der Waals surface area (Å²) in [5.41, 5.74) is 1.88. The molecule has 84 valence electrons. The molecule has 1 rings (SSSR count). The van der Waals surface area contributed by atoms with E-state index in [1.807, 2.05) is 26.0 Å². The quantitative estimate of drug-likeness (QED) is 0.804. The van der Waals surface area contributed by atoms with Crippen molar-refractivity contribution in [2.24, 2.45) is 5.92 Å². The minimum absolute atomic E-state index is 0.489. The van der Waals surface area contributed by atoms with E-state index in [2.05, 4.69) is 37.1 Å². The molecular weight excluding hydrogens is 196 g/mol. The van der Waals surface area contributed by atoms with Crippen molar-refractivity contribution in [3.8, 4) is 6.07 Å². The third kappa shape index (κ3) is 2.64. The number of H-pyrrole nitrogens is 1. The van der Waals surface area contributed by atoms with Gasteiger partial charge in [0.2, 0.25) is 0 Å². The van der Waals surface area contributed by atoms with E-state index in [4.69, 9.17) is 5.26 Å². The van der Waals surface area contributed by atoms with Gasteiger partial charge in [-0.15, -0.1) is 0 Å². The number of allylic oxidation sites excluding steroid dienone is 2. The van der Waals surface area contributed by atoms with Crippen molar-refractivity contribution < 1.29 is 0 Å². The van der Waals surface area contributed by atoms with Crippen LogP contribution in [0.25, 0.3) is 12.2 Å². The lowest BCUT2D eigenvalue weighted by Crippen LogP contribution is -2.22. The average Bonchev–Trinajstić information content (AvgIpc) is 2.67. The van der Waals surface area contributed by atoms with Crippen LogP contribution in [0.2, 0.25) is 0 Å². The Labute approximate surface area is 96.6 Å². The summed E-state index contributed by atoms with van der Waals surface area (Å²) in [6.45, 7) is 8.34. The predicted molar refractivity (Wildman–Crippen MR) is 68.0 cm³/mol. The summed E-state index contributed by atoms with van der Waals surface area (Å²) in [6, 6.07) is 4.00. The molecule has 0 amide bonds. The van der Waals surface area contributed by atoms with E-state index in [9.17, 15) is 0 Å². The Hall–Kier alpha value is -1.75. The first-order valence-corrected chi connectivity index (χ1v) is 5.55. The smallest absolute Gasteiger partial charge is 0.118 e. The van der Waals surface area contributed by atoms with Crippen LogP contribution in [0.4, 0.5) is 0 Å². The summed E-state index contributed by atoms with van der Waals surface area (Å²) in [6.07, 6.45) is 6.23. The van der Waals surface area contributed by atoms with E-state index in [1.54, 1.807) is 0 Å². The lowest BCUT2D eigenvalue weighted by molar-refractivity contribution is 0.799. The Morgan fingerprint density at radius 1 is 1.44 bits per heavy atom. The summed E-state index contributed by atoms with van der Waals surface area (Å²) in [7, 11) is 0. The first kappa shape index (κ1) is 12.3. The minimum atomic E-state index is 0.489. The standard InChI is InChI=1S/C14H18N2/c1-5-11(10(3)4)8-14-12(6-2)7-13(9-15)16-14/h5-8,10,16H,1-4H3/b11-5+,12-6-,14-8+. The molecule has 0 saturated heterocycles. The van der Waals surface area contributed by atoms with Crippen LogP contribution in [0.1, 0.15) is 33.4 Å². The van der Waals surface area contributed by atoms with E-state index in [-0.39, 0.29) is 0 Å². The lowest BCUT2D eigenvalue weighted by Gasteiger charge is -2.03. The fourth-order valence-corrected chi connectivity index (χ4v) is 1.66. The predicted octanol–water partition coefficient (Wildman–Crippen LogP) is 2.07. The molecule has 0 atom stereocenters. The van der Waals surface area contributed by atoms with Crippen molar-refractivity contribution in [1.82, 2.24) is 4.98 Å². The van der Waals surface area contributed by atoms with Crippen LogP contribution >= 0.6 is 0 Å². The minimum Gasteiger partial charge on any atom is -0.346 e. The highest BCUT2D eigenvalue weighted by Gasteiger charge is 1.99. The van der Waals surface area contributed by atoms with Crippen molar-refractivity contribution in [2.75, 3.05) is 0 Å². The number of hydrogen-bond donors (Lipinski definition) is 1. The van der Waals surface area contributed by atoms with Gasteiger partial charge in [-0.05, 0) is 42.7 Å². The summed E-state index contributed by atoms with van der Waals surface area (Å²) in [5, 5.41) is 10.9. The highest BCUT2D eigenvalue weighted by Crippen LogP contribution is 2.09. The number of aromatic nitrogens is 1. The topological polar surface area (TPSA) is 39.6 Å². The van der Waals surface area contributed by atoms with Gasteiger partial charge in [-0.3, -0.25) is 0 Å². The van der Waals surface area contributed by atoms with Gasteiger partial charge in [0.25, 0.3) is 0 Å². The summed E-state index contributed by atoms with van der Waals surface area (Å²) in [5.74, 6) is 0.489. The molecule has 0 fully saturated rings. The van der Waals surface area contributed by atoms with Crippen LogP contribution < -0.4 is 10.6 Å². The van der Waals surface area contributed by atoms with Crippen molar-refractivity contribution in [1.29, 1.82) is 5.26 Å². The summed E-state index contributed by atoms with van der Waals surface area (Å²) >= 11 is 0. The van der Waals surface area contributed by atoms with E-state index in [1.165, 1.54) is 5.57 Å². The third-order valence-corrected chi connectivity index (χ3v) is 2.62. The molecule has 0 bridgehead atoms. The van der Waals surface area contributed by atoms with Crippen LogP contribution in [0.15, 0.2) is 17.7 Å². The number of nitriles is 1.